The first-order chi connectivity index (χ1) is 10.4. The molecule has 1 aromatic heterocycles. The molecule has 0 aliphatic carbocycles. The molecule has 2 rings (SSSR count). The maximum atomic E-state index is 12.0. The van der Waals surface area contributed by atoms with Crippen LogP contribution in [0.5, 0.6) is 11.5 Å². The second-order valence-electron chi connectivity index (χ2n) is 5.13. The van der Waals surface area contributed by atoms with E-state index < -0.39 is 0 Å². The van der Waals surface area contributed by atoms with E-state index in [4.69, 9.17) is 4.74 Å². The van der Waals surface area contributed by atoms with Gasteiger partial charge in [-0.15, -0.1) is 0 Å². The SMILES string of the molecule is Cc1cc(C)cc(Oc2c(CNC=O)c(C)[nH]c(=O)c2I)c1. The van der Waals surface area contributed by atoms with Crippen molar-refractivity contribution in [2.24, 2.45) is 0 Å². The summed E-state index contributed by atoms with van der Waals surface area (Å²) in [5.74, 6) is 1.16. The lowest BCUT2D eigenvalue weighted by Crippen LogP contribution is -2.19. The first-order valence-electron chi connectivity index (χ1n) is 6.76. The van der Waals surface area contributed by atoms with Crippen LogP contribution in [0.4, 0.5) is 0 Å². The van der Waals surface area contributed by atoms with Crippen molar-refractivity contribution in [1.82, 2.24) is 10.3 Å². The first kappa shape index (κ1) is 16.5. The van der Waals surface area contributed by atoms with Gasteiger partial charge in [-0.25, -0.2) is 0 Å². The van der Waals surface area contributed by atoms with Crippen molar-refractivity contribution in [3.05, 3.63) is 54.5 Å². The predicted octanol–water partition coefficient (Wildman–Crippen LogP) is 2.94. The highest BCUT2D eigenvalue weighted by molar-refractivity contribution is 14.1. The van der Waals surface area contributed by atoms with Gasteiger partial charge in [0.1, 0.15) is 9.32 Å². The molecule has 0 aliphatic heterocycles. The minimum absolute atomic E-state index is 0.202. The number of nitrogens with one attached hydrogen (secondary N) is 2. The Morgan fingerprint density at radius 1 is 1.23 bits per heavy atom. The van der Waals surface area contributed by atoms with Crippen LogP contribution >= 0.6 is 22.6 Å². The summed E-state index contributed by atoms with van der Waals surface area (Å²) < 4.78 is 6.44. The third kappa shape index (κ3) is 3.68. The molecular formula is C16H17IN2O3. The minimum Gasteiger partial charge on any atom is -0.456 e. The Labute approximate surface area is 142 Å². The van der Waals surface area contributed by atoms with Crippen molar-refractivity contribution in [1.29, 1.82) is 0 Å². The van der Waals surface area contributed by atoms with E-state index in [-0.39, 0.29) is 5.56 Å². The lowest BCUT2D eigenvalue weighted by Gasteiger charge is -2.15. The molecule has 0 spiro atoms. The molecule has 0 fully saturated rings. The highest BCUT2D eigenvalue weighted by atomic mass is 127. The van der Waals surface area contributed by atoms with E-state index in [0.717, 1.165) is 16.7 Å². The van der Waals surface area contributed by atoms with Crippen LogP contribution in [0.25, 0.3) is 0 Å². The Kier molecular flexibility index (Phi) is 5.23. The molecule has 5 nitrogen and oxygen atoms in total. The summed E-state index contributed by atoms with van der Waals surface area (Å²) in [6.45, 7) is 6.06. The molecule has 22 heavy (non-hydrogen) atoms. The van der Waals surface area contributed by atoms with Gasteiger partial charge in [-0.1, -0.05) is 6.07 Å². The average Bonchev–Trinajstić information content (AvgIpc) is 2.43. The number of ether oxygens (including phenoxy) is 1. The summed E-state index contributed by atoms with van der Waals surface area (Å²) >= 11 is 1.96. The Balaban J connectivity index is 2.52. The fraction of sp³-hybridized carbons (Fsp3) is 0.250. The summed E-state index contributed by atoms with van der Waals surface area (Å²) in [5.41, 5.74) is 3.40. The highest BCUT2D eigenvalue weighted by Crippen LogP contribution is 2.30. The zero-order valence-corrected chi connectivity index (χ0v) is 14.8. The lowest BCUT2D eigenvalue weighted by molar-refractivity contribution is -0.109. The smallest absolute Gasteiger partial charge is 0.265 e. The fourth-order valence-electron chi connectivity index (χ4n) is 2.28. The van der Waals surface area contributed by atoms with Crippen molar-refractivity contribution < 1.29 is 9.53 Å². The van der Waals surface area contributed by atoms with E-state index >= 15 is 0 Å². The molecule has 0 atom stereocenters. The minimum atomic E-state index is -0.202. The number of rotatable bonds is 5. The Hall–Kier alpha value is -1.83. The van der Waals surface area contributed by atoms with Gasteiger partial charge in [-0.2, -0.15) is 0 Å². The summed E-state index contributed by atoms with van der Waals surface area (Å²) in [7, 11) is 0. The van der Waals surface area contributed by atoms with Gasteiger partial charge in [0.25, 0.3) is 5.56 Å². The van der Waals surface area contributed by atoms with E-state index in [1.54, 1.807) is 6.92 Å². The fourth-order valence-corrected chi connectivity index (χ4v) is 2.85. The third-order valence-electron chi connectivity index (χ3n) is 3.20. The number of carbonyl (C=O) groups is 1. The summed E-state index contributed by atoms with van der Waals surface area (Å²) in [5, 5.41) is 2.62. The van der Waals surface area contributed by atoms with Crippen LogP contribution in [0, 0.1) is 24.3 Å². The van der Waals surface area contributed by atoms with Crippen LogP contribution < -0.4 is 15.6 Å². The van der Waals surface area contributed by atoms with Gasteiger partial charge in [0.2, 0.25) is 6.41 Å². The van der Waals surface area contributed by atoms with E-state index in [1.807, 2.05) is 48.6 Å². The average molecular weight is 412 g/mol. The van der Waals surface area contributed by atoms with Gasteiger partial charge < -0.3 is 15.0 Å². The number of benzene rings is 1. The van der Waals surface area contributed by atoms with Crippen molar-refractivity contribution in [2.45, 2.75) is 27.3 Å². The monoisotopic (exact) mass is 412 g/mol. The molecule has 0 saturated heterocycles. The van der Waals surface area contributed by atoms with Crippen LogP contribution in [0.3, 0.4) is 0 Å². The van der Waals surface area contributed by atoms with Crippen molar-refractivity contribution >= 4 is 29.0 Å². The number of aromatic nitrogens is 1. The van der Waals surface area contributed by atoms with Gasteiger partial charge >= 0.3 is 0 Å². The molecule has 0 radical (unpaired) electrons. The van der Waals surface area contributed by atoms with E-state index in [2.05, 4.69) is 16.4 Å². The maximum Gasteiger partial charge on any atom is 0.265 e. The largest absolute Gasteiger partial charge is 0.456 e. The van der Waals surface area contributed by atoms with E-state index in [9.17, 15) is 9.59 Å². The van der Waals surface area contributed by atoms with E-state index in [1.165, 1.54) is 0 Å². The molecule has 116 valence electrons. The molecule has 0 bridgehead atoms. The summed E-state index contributed by atoms with van der Waals surface area (Å²) in [6, 6.07) is 5.88. The number of aryl methyl sites for hydroxylation is 3. The molecular weight excluding hydrogens is 395 g/mol. The summed E-state index contributed by atoms with van der Waals surface area (Å²) in [4.78, 5) is 25.3. The van der Waals surface area contributed by atoms with Crippen LogP contribution in [-0.2, 0) is 11.3 Å². The van der Waals surface area contributed by atoms with Crippen LogP contribution in [0.1, 0.15) is 22.4 Å². The Bertz CT molecular complexity index is 748. The van der Waals surface area contributed by atoms with Gasteiger partial charge in [-0.05, 0) is 66.6 Å². The molecule has 0 unspecified atom stereocenters. The van der Waals surface area contributed by atoms with Crippen LogP contribution in [-0.4, -0.2) is 11.4 Å². The predicted molar refractivity (Wildman–Crippen MR) is 93.4 cm³/mol. The second-order valence-corrected chi connectivity index (χ2v) is 6.20. The Morgan fingerprint density at radius 3 is 2.45 bits per heavy atom. The molecule has 0 saturated carbocycles. The Morgan fingerprint density at radius 2 is 1.86 bits per heavy atom. The number of hydrogen-bond donors (Lipinski definition) is 2. The van der Waals surface area contributed by atoms with Crippen LogP contribution in [0.2, 0.25) is 0 Å². The molecule has 6 heteroatoms. The first-order valence-corrected chi connectivity index (χ1v) is 7.84. The molecule has 1 heterocycles. The molecule has 1 aromatic carbocycles. The molecule has 2 N–H and O–H groups in total. The van der Waals surface area contributed by atoms with Gasteiger partial charge in [0, 0.05) is 17.8 Å². The number of pyridine rings is 1. The topological polar surface area (TPSA) is 71.2 Å². The number of amides is 1. The van der Waals surface area contributed by atoms with Gasteiger partial charge in [0.15, 0.2) is 5.75 Å². The molecule has 1 amide bonds. The van der Waals surface area contributed by atoms with Crippen molar-refractivity contribution in [2.75, 3.05) is 0 Å². The summed E-state index contributed by atoms with van der Waals surface area (Å²) in [6.07, 6.45) is 0.623. The van der Waals surface area contributed by atoms with Crippen molar-refractivity contribution in [3.8, 4) is 11.5 Å². The molecule has 0 aliphatic rings. The quantitative estimate of drug-likeness (QED) is 0.586. The number of H-pyrrole nitrogens is 1. The van der Waals surface area contributed by atoms with E-state index in [0.29, 0.717) is 33.7 Å². The van der Waals surface area contributed by atoms with Crippen molar-refractivity contribution in [3.63, 3.8) is 0 Å². The maximum absolute atomic E-state index is 12.0. The van der Waals surface area contributed by atoms with Crippen LogP contribution in [0.15, 0.2) is 23.0 Å². The number of hydrogen-bond acceptors (Lipinski definition) is 3. The standard InChI is InChI=1S/C16H17IN2O3/c1-9-4-10(2)6-12(5-9)22-15-13(7-18-8-20)11(3)19-16(21)14(15)17/h4-6,8H,7H2,1-3H3,(H,18,20)(H,19,21). The van der Waals surface area contributed by atoms with Gasteiger partial charge in [-0.3, -0.25) is 9.59 Å². The molecule has 2 aromatic rings. The zero-order chi connectivity index (χ0) is 16.3. The number of carbonyl (C=O) groups excluding carboxylic acids is 1. The normalized spacial score (nSPS) is 10.4. The highest BCUT2D eigenvalue weighted by Gasteiger charge is 2.16. The second kappa shape index (κ2) is 6.95. The number of halogens is 1. The number of aromatic amines is 1. The lowest BCUT2D eigenvalue weighted by atomic mass is 10.1. The van der Waals surface area contributed by atoms with Gasteiger partial charge in [0.05, 0.1) is 0 Å². The third-order valence-corrected chi connectivity index (χ3v) is 4.18. The zero-order valence-electron chi connectivity index (χ0n) is 12.6.